The van der Waals surface area contributed by atoms with Crippen molar-refractivity contribution in [3.8, 4) is 0 Å². The molecule has 2 aliphatic rings. The van der Waals surface area contributed by atoms with E-state index in [2.05, 4.69) is 16.0 Å². The number of rotatable bonds is 4. The van der Waals surface area contributed by atoms with Crippen LogP contribution in [0.15, 0.2) is 23.1 Å². The normalized spacial score (nSPS) is 19.9. The first-order chi connectivity index (χ1) is 10.5. The lowest BCUT2D eigenvalue weighted by Crippen LogP contribution is -2.37. The van der Waals surface area contributed by atoms with Gasteiger partial charge in [0.15, 0.2) is 0 Å². The fraction of sp³-hybridized carbons (Fsp3) is 0.400. The van der Waals surface area contributed by atoms with Crippen LogP contribution in [-0.2, 0) is 9.59 Å². The summed E-state index contributed by atoms with van der Waals surface area (Å²) in [6.07, 6.45) is 2.03. The number of thioether (sulfide) groups is 1. The van der Waals surface area contributed by atoms with Gasteiger partial charge in [-0.15, -0.1) is 11.8 Å². The molecule has 116 valence electrons. The molecule has 1 saturated carbocycles. The molecule has 1 heterocycles. The van der Waals surface area contributed by atoms with E-state index in [-0.39, 0.29) is 35.6 Å². The number of fused-ring (bicyclic) bond motifs is 1. The Bertz CT molecular complexity index is 643. The third-order valence-corrected chi connectivity index (χ3v) is 4.70. The lowest BCUT2D eigenvalue weighted by Gasteiger charge is -2.21. The molecular formula is C15H17N3O3S. The van der Waals surface area contributed by atoms with Gasteiger partial charge >= 0.3 is 0 Å². The lowest BCUT2D eigenvalue weighted by atomic mass is 10.1. The molecule has 0 saturated heterocycles. The SMILES string of the molecule is C[C@@H]1Sc2ccc(C(=O)NCC(=O)NC3CC3)cc2NC1=O. The third-order valence-electron chi connectivity index (χ3n) is 3.52. The van der Waals surface area contributed by atoms with Crippen molar-refractivity contribution >= 4 is 35.2 Å². The van der Waals surface area contributed by atoms with E-state index in [9.17, 15) is 14.4 Å². The maximum absolute atomic E-state index is 12.1. The van der Waals surface area contributed by atoms with Gasteiger partial charge in [-0.2, -0.15) is 0 Å². The molecule has 0 bridgehead atoms. The number of amides is 3. The summed E-state index contributed by atoms with van der Waals surface area (Å²) in [6.45, 7) is 1.80. The predicted octanol–water partition coefficient (Wildman–Crippen LogP) is 1.13. The van der Waals surface area contributed by atoms with Crippen molar-refractivity contribution in [2.75, 3.05) is 11.9 Å². The summed E-state index contributed by atoms with van der Waals surface area (Å²) in [5.41, 5.74) is 1.07. The number of benzene rings is 1. The minimum atomic E-state index is -0.327. The second kappa shape index (κ2) is 6.00. The van der Waals surface area contributed by atoms with Crippen LogP contribution in [0.2, 0.25) is 0 Å². The fourth-order valence-corrected chi connectivity index (χ4v) is 3.05. The van der Waals surface area contributed by atoms with E-state index in [1.54, 1.807) is 12.1 Å². The molecule has 3 N–H and O–H groups in total. The van der Waals surface area contributed by atoms with E-state index >= 15 is 0 Å². The van der Waals surface area contributed by atoms with Crippen LogP contribution in [0.5, 0.6) is 0 Å². The zero-order valence-electron chi connectivity index (χ0n) is 12.1. The first-order valence-electron chi connectivity index (χ1n) is 7.22. The summed E-state index contributed by atoms with van der Waals surface area (Å²) in [5, 5.41) is 8.04. The number of hydrogen-bond donors (Lipinski definition) is 3. The van der Waals surface area contributed by atoms with Crippen molar-refractivity contribution in [1.82, 2.24) is 10.6 Å². The van der Waals surface area contributed by atoms with Gasteiger partial charge < -0.3 is 16.0 Å². The van der Waals surface area contributed by atoms with Crippen LogP contribution in [0.4, 0.5) is 5.69 Å². The second-order valence-corrected chi connectivity index (χ2v) is 6.87. The average Bonchev–Trinajstić information content (AvgIpc) is 3.29. The Labute approximate surface area is 132 Å². The molecule has 0 radical (unpaired) electrons. The van der Waals surface area contributed by atoms with Crippen LogP contribution in [0.3, 0.4) is 0 Å². The molecule has 1 aromatic rings. The number of nitrogens with one attached hydrogen (secondary N) is 3. The highest BCUT2D eigenvalue weighted by atomic mass is 32.2. The minimum Gasteiger partial charge on any atom is -0.352 e. The summed E-state index contributed by atoms with van der Waals surface area (Å²) in [4.78, 5) is 36.2. The molecule has 1 aliphatic heterocycles. The fourth-order valence-electron chi connectivity index (χ4n) is 2.12. The van der Waals surface area contributed by atoms with Crippen molar-refractivity contribution in [1.29, 1.82) is 0 Å². The van der Waals surface area contributed by atoms with Crippen LogP contribution >= 0.6 is 11.8 Å². The summed E-state index contributed by atoms with van der Waals surface area (Å²) in [7, 11) is 0. The number of carbonyl (C=O) groups is 3. The molecule has 7 heteroatoms. The van der Waals surface area contributed by atoms with Gasteiger partial charge in [-0.3, -0.25) is 14.4 Å². The highest BCUT2D eigenvalue weighted by Crippen LogP contribution is 2.35. The molecule has 6 nitrogen and oxygen atoms in total. The van der Waals surface area contributed by atoms with Gasteiger partial charge in [0.2, 0.25) is 11.8 Å². The average molecular weight is 319 g/mol. The number of hydrogen-bond acceptors (Lipinski definition) is 4. The molecule has 1 aromatic carbocycles. The summed E-state index contributed by atoms with van der Waals surface area (Å²) in [5.74, 6) is -0.572. The maximum atomic E-state index is 12.1. The van der Waals surface area contributed by atoms with E-state index < -0.39 is 0 Å². The van der Waals surface area contributed by atoms with E-state index in [0.29, 0.717) is 11.3 Å². The van der Waals surface area contributed by atoms with E-state index in [1.807, 2.05) is 13.0 Å². The Hall–Kier alpha value is -2.02. The Balaban J connectivity index is 1.62. The highest BCUT2D eigenvalue weighted by molar-refractivity contribution is 8.00. The lowest BCUT2D eigenvalue weighted by molar-refractivity contribution is -0.120. The van der Waals surface area contributed by atoms with E-state index in [0.717, 1.165) is 17.7 Å². The molecule has 22 heavy (non-hydrogen) atoms. The van der Waals surface area contributed by atoms with E-state index in [4.69, 9.17) is 0 Å². The largest absolute Gasteiger partial charge is 0.352 e. The molecule has 1 aliphatic carbocycles. The summed E-state index contributed by atoms with van der Waals surface area (Å²) < 4.78 is 0. The smallest absolute Gasteiger partial charge is 0.251 e. The van der Waals surface area contributed by atoms with Gasteiger partial charge in [-0.05, 0) is 38.0 Å². The van der Waals surface area contributed by atoms with E-state index in [1.165, 1.54) is 11.8 Å². The number of carbonyl (C=O) groups excluding carboxylic acids is 3. The van der Waals surface area contributed by atoms with Gasteiger partial charge in [-0.1, -0.05) is 0 Å². The van der Waals surface area contributed by atoms with Crippen molar-refractivity contribution in [3.63, 3.8) is 0 Å². The van der Waals surface area contributed by atoms with Crippen LogP contribution in [0, 0.1) is 0 Å². The van der Waals surface area contributed by atoms with Crippen LogP contribution in [0.25, 0.3) is 0 Å². The Morgan fingerprint density at radius 1 is 1.36 bits per heavy atom. The molecule has 1 atom stereocenters. The Kier molecular flexibility index (Phi) is 4.06. The van der Waals surface area contributed by atoms with Crippen LogP contribution in [-0.4, -0.2) is 35.6 Å². The standard InChI is InChI=1S/C15H17N3O3S/c1-8-14(20)18-11-6-9(2-5-12(11)22-8)15(21)16-7-13(19)17-10-3-4-10/h2,5-6,8,10H,3-4,7H2,1H3,(H,16,21)(H,17,19)(H,18,20)/t8-/m0/s1. The summed E-state index contributed by atoms with van der Waals surface area (Å²) >= 11 is 1.46. The number of anilines is 1. The van der Waals surface area contributed by atoms with Crippen molar-refractivity contribution in [2.45, 2.75) is 36.0 Å². The highest BCUT2D eigenvalue weighted by Gasteiger charge is 2.25. The quantitative estimate of drug-likeness (QED) is 0.776. The molecule has 3 amide bonds. The maximum Gasteiger partial charge on any atom is 0.251 e. The van der Waals surface area contributed by atoms with Crippen molar-refractivity contribution in [2.24, 2.45) is 0 Å². The topological polar surface area (TPSA) is 87.3 Å². The van der Waals surface area contributed by atoms with Gasteiger partial charge in [0, 0.05) is 16.5 Å². The van der Waals surface area contributed by atoms with Gasteiger partial charge in [0.25, 0.3) is 5.91 Å². The Morgan fingerprint density at radius 3 is 2.86 bits per heavy atom. The zero-order chi connectivity index (χ0) is 15.7. The first-order valence-corrected chi connectivity index (χ1v) is 8.10. The molecule has 3 rings (SSSR count). The van der Waals surface area contributed by atoms with Crippen molar-refractivity contribution < 1.29 is 14.4 Å². The van der Waals surface area contributed by atoms with Gasteiger partial charge in [0.1, 0.15) is 0 Å². The molecule has 0 aromatic heterocycles. The van der Waals surface area contributed by atoms with Crippen LogP contribution < -0.4 is 16.0 Å². The first kappa shape index (κ1) is 14.9. The molecule has 0 unspecified atom stereocenters. The third kappa shape index (κ3) is 3.41. The van der Waals surface area contributed by atoms with Gasteiger partial charge in [-0.25, -0.2) is 0 Å². The summed E-state index contributed by atoms with van der Waals surface area (Å²) in [6, 6.07) is 5.43. The molecule has 0 spiro atoms. The monoisotopic (exact) mass is 319 g/mol. The minimum absolute atomic E-state index is 0.0371. The molecular weight excluding hydrogens is 302 g/mol. The zero-order valence-corrected chi connectivity index (χ0v) is 13.0. The predicted molar refractivity (Wildman–Crippen MR) is 83.9 cm³/mol. The van der Waals surface area contributed by atoms with Crippen LogP contribution in [0.1, 0.15) is 30.1 Å². The Morgan fingerprint density at radius 2 is 2.14 bits per heavy atom. The second-order valence-electron chi connectivity index (χ2n) is 5.48. The van der Waals surface area contributed by atoms with Crippen molar-refractivity contribution in [3.05, 3.63) is 23.8 Å². The molecule has 1 fully saturated rings. The van der Waals surface area contributed by atoms with Gasteiger partial charge in [0.05, 0.1) is 17.5 Å².